The minimum Gasteiger partial charge on any atom is -0.337 e. The Morgan fingerprint density at radius 1 is 1.12 bits per heavy atom. The summed E-state index contributed by atoms with van der Waals surface area (Å²) in [4.78, 5) is 17.2. The van der Waals surface area contributed by atoms with Crippen LogP contribution in [0.4, 0.5) is 8.78 Å². The first kappa shape index (κ1) is 16.9. The topological polar surface area (TPSA) is 49.6 Å². The number of benzene rings is 1. The number of halogens is 2. The van der Waals surface area contributed by atoms with Gasteiger partial charge in [0.15, 0.2) is 0 Å². The molecule has 136 valence electrons. The smallest absolute Gasteiger partial charge is 0.222 e. The van der Waals surface area contributed by atoms with Crippen molar-refractivity contribution >= 4 is 5.91 Å². The van der Waals surface area contributed by atoms with Gasteiger partial charge in [0.05, 0.1) is 6.04 Å². The first-order chi connectivity index (χ1) is 12.1. The molecule has 25 heavy (non-hydrogen) atoms. The van der Waals surface area contributed by atoms with E-state index in [2.05, 4.69) is 4.90 Å². The van der Waals surface area contributed by atoms with E-state index in [1.165, 1.54) is 12.1 Å². The highest BCUT2D eigenvalue weighted by molar-refractivity contribution is 5.77. The summed E-state index contributed by atoms with van der Waals surface area (Å²) in [5.41, 5.74) is 6.23. The number of hydrogen-bond acceptors (Lipinski definition) is 3. The van der Waals surface area contributed by atoms with Crippen LogP contribution in [0, 0.1) is 17.6 Å². The summed E-state index contributed by atoms with van der Waals surface area (Å²) in [6, 6.07) is 4.12. The minimum absolute atomic E-state index is 0.0277. The molecule has 4 aliphatic heterocycles. The molecule has 1 amide bonds. The summed E-state index contributed by atoms with van der Waals surface area (Å²) in [5, 5.41) is 0. The fourth-order valence-electron chi connectivity index (χ4n) is 5.18. The second kappa shape index (κ2) is 6.65. The van der Waals surface area contributed by atoms with E-state index in [4.69, 9.17) is 5.73 Å². The van der Waals surface area contributed by atoms with E-state index in [1.54, 1.807) is 0 Å². The zero-order valence-electron chi connectivity index (χ0n) is 14.3. The highest BCUT2D eigenvalue weighted by Crippen LogP contribution is 2.46. The fraction of sp³-hybridized carbons (Fsp3) is 0.632. The average Bonchev–Trinajstić information content (AvgIpc) is 3.03. The molecule has 0 unspecified atom stereocenters. The quantitative estimate of drug-likeness (QED) is 0.906. The van der Waals surface area contributed by atoms with Crippen LogP contribution in [0.15, 0.2) is 18.2 Å². The van der Waals surface area contributed by atoms with E-state index in [1.807, 2.05) is 4.90 Å². The molecule has 4 fully saturated rings. The van der Waals surface area contributed by atoms with Crippen LogP contribution >= 0.6 is 0 Å². The molecule has 6 heteroatoms. The Kier molecular flexibility index (Phi) is 4.50. The predicted molar refractivity (Wildman–Crippen MR) is 91.0 cm³/mol. The van der Waals surface area contributed by atoms with Gasteiger partial charge in [-0.2, -0.15) is 0 Å². The number of likely N-dealkylation sites (tertiary alicyclic amines) is 1. The normalized spacial score (nSPS) is 33.6. The zero-order chi connectivity index (χ0) is 17.6. The summed E-state index contributed by atoms with van der Waals surface area (Å²) in [6.07, 6.45) is 3.34. The van der Waals surface area contributed by atoms with Crippen molar-refractivity contribution in [2.45, 2.75) is 43.7 Å². The van der Waals surface area contributed by atoms with Gasteiger partial charge in [0.25, 0.3) is 0 Å². The summed E-state index contributed by atoms with van der Waals surface area (Å²) in [5.74, 6) is -0.486. The first-order valence-electron chi connectivity index (χ1n) is 9.28. The molecular formula is C19H25F2N3O. The molecule has 4 nitrogen and oxygen atoms in total. The molecule has 0 aromatic heterocycles. The van der Waals surface area contributed by atoms with Crippen LogP contribution in [0.5, 0.6) is 0 Å². The molecule has 4 aliphatic rings. The van der Waals surface area contributed by atoms with Gasteiger partial charge in [-0.05, 0) is 62.5 Å². The van der Waals surface area contributed by atoms with Gasteiger partial charge in [-0.3, -0.25) is 9.69 Å². The van der Waals surface area contributed by atoms with E-state index < -0.39 is 11.6 Å². The molecule has 1 aromatic rings. The van der Waals surface area contributed by atoms with Crippen molar-refractivity contribution < 1.29 is 13.6 Å². The van der Waals surface area contributed by atoms with Crippen LogP contribution in [0.25, 0.3) is 0 Å². The lowest BCUT2D eigenvalue weighted by atomic mass is 9.75. The van der Waals surface area contributed by atoms with E-state index in [-0.39, 0.29) is 23.9 Å². The number of hydrogen-bond donors (Lipinski definition) is 1. The van der Waals surface area contributed by atoms with Gasteiger partial charge in [-0.25, -0.2) is 8.78 Å². The summed E-state index contributed by atoms with van der Waals surface area (Å²) >= 11 is 0. The predicted octanol–water partition coefficient (Wildman–Crippen LogP) is 2.09. The highest BCUT2D eigenvalue weighted by atomic mass is 19.1. The number of rotatable bonds is 4. The van der Waals surface area contributed by atoms with E-state index in [0.29, 0.717) is 37.4 Å². The molecule has 0 radical (unpaired) electrons. The monoisotopic (exact) mass is 349 g/mol. The van der Waals surface area contributed by atoms with Crippen molar-refractivity contribution in [3.8, 4) is 0 Å². The highest BCUT2D eigenvalue weighted by Gasteiger charge is 2.54. The maximum Gasteiger partial charge on any atom is 0.222 e. The average molecular weight is 349 g/mol. The minimum atomic E-state index is -0.546. The third-order valence-electron chi connectivity index (χ3n) is 6.22. The Balaban J connectivity index is 1.67. The van der Waals surface area contributed by atoms with Crippen molar-refractivity contribution in [2.24, 2.45) is 11.7 Å². The second-order valence-electron chi connectivity index (χ2n) is 7.60. The molecule has 4 saturated heterocycles. The lowest BCUT2D eigenvalue weighted by Crippen LogP contribution is -2.60. The van der Waals surface area contributed by atoms with Gasteiger partial charge in [0, 0.05) is 31.0 Å². The summed E-state index contributed by atoms with van der Waals surface area (Å²) in [6.45, 7) is 3.09. The molecule has 0 spiro atoms. The lowest BCUT2D eigenvalue weighted by molar-refractivity contribution is -0.136. The summed E-state index contributed by atoms with van der Waals surface area (Å²) in [7, 11) is 0. The zero-order valence-corrected chi connectivity index (χ0v) is 14.3. The molecule has 2 N–H and O–H groups in total. The maximum atomic E-state index is 13.8. The summed E-state index contributed by atoms with van der Waals surface area (Å²) < 4.78 is 27.5. The van der Waals surface area contributed by atoms with Gasteiger partial charge in [-0.15, -0.1) is 0 Å². The van der Waals surface area contributed by atoms with Crippen LogP contribution in [-0.4, -0.2) is 54.0 Å². The molecule has 5 rings (SSSR count). The van der Waals surface area contributed by atoms with Crippen molar-refractivity contribution in [3.63, 3.8) is 0 Å². The third-order valence-corrected chi connectivity index (χ3v) is 6.22. The Hall–Kier alpha value is -1.53. The van der Waals surface area contributed by atoms with Gasteiger partial charge in [0.2, 0.25) is 5.91 Å². The van der Waals surface area contributed by atoms with Gasteiger partial charge in [-0.1, -0.05) is 0 Å². The van der Waals surface area contributed by atoms with E-state index in [0.717, 1.165) is 32.0 Å². The van der Waals surface area contributed by atoms with Crippen LogP contribution in [0.3, 0.4) is 0 Å². The van der Waals surface area contributed by atoms with Crippen LogP contribution in [0.2, 0.25) is 0 Å². The number of nitrogens with two attached hydrogens (primary N) is 1. The number of piperidine rings is 3. The van der Waals surface area contributed by atoms with E-state index >= 15 is 0 Å². The number of carbonyl (C=O) groups is 1. The van der Waals surface area contributed by atoms with Crippen molar-refractivity contribution in [1.82, 2.24) is 9.80 Å². The second-order valence-corrected chi connectivity index (χ2v) is 7.60. The Bertz CT molecular complexity index is 640. The van der Waals surface area contributed by atoms with Crippen molar-refractivity contribution in [2.75, 3.05) is 26.2 Å². The van der Waals surface area contributed by atoms with E-state index in [9.17, 15) is 13.6 Å². The van der Waals surface area contributed by atoms with Crippen molar-refractivity contribution in [3.05, 3.63) is 35.4 Å². The molecule has 4 heterocycles. The largest absolute Gasteiger partial charge is 0.337 e. The van der Waals surface area contributed by atoms with Crippen LogP contribution in [0.1, 0.15) is 37.2 Å². The molecule has 2 bridgehead atoms. The van der Waals surface area contributed by atoms with Gasteiger partial charge in [0.1, 0.15) is 11.6 Å². The third kappa shape index (κ3) is 2.95. The lowest BCUT2D eigenvalue weighted by Gasteiger charge is -2.51. The number of nitrogens with zero attached hydrogens (tertiary/aromatic N) is 2. The Labute approximate surface area is 147 Å². The van der Waals surface area contributed by atoms with Crippen LogP contribution in [-0.2, 0) is 4.79 Å². The number of carbonyl (C=O) groups excluding carboxylic acids is 1. The Morgan fingerprint density at radius 3 is 2.44 bits per heavy atom. The van der Waals surface area contributed by atoms with Gasteiger partial charge < -0.3 is 10.6 Å². The first-order valence-corrected chi connectivity index (χ1v) is 9.28. The standard InChI is InChI=1S/C19H25F2N3O/c20-14-8-13(9-15(21)10-14)16-11-24(17(25)2-1-5-22)18-12-3-6-23(7-4-12)19(16)18/h8-10,12,16,18-19H,1-7,11,22H2/t16-,18-,19-/m1/s1. The Morgan fingerprint density at radius 2 is 1.80 bits per heavy atom. The maximum absolute atomic E-state index is 13.8. The molecular weight excluding hydrogens is 324 g/mol. The van der Waals surface area contributed by atoms with Gasteiger partial charge >= 0.3 is 0 Å². The molecule has 3 atom stereocenters. The van der Waals surface area contributed by atoms with Crippen molar-refractivity contribution in [1.29, 1.82) is 0 Å². The fourth-order valence-corrected chi connectivity index (χ4v) is 5.18. The SMILES string of the molecule is NCCCC(=O)N1C[C@H](c2cc(F)cc(F)c2)[C@@H]2[C@H]1C1CCN2CC1. The molecule has 0 aliphatic carbocycles. The number of amides is 1. The molecule has 1 aromatic carbocycles. The number of fused-ring (bicyclic) bond motifs is 2. The van der Waals surface area contributed by atoms with Crippen LogP contribution < -0.4 is 5.73 Å². The molecule has 0 saturated carbocycles.